The highest BCUT2D eigenvalue weighted by atomic mass is 16.5. The molecular formula is C18H28N4O3. The number of nitrogens with zero attached hydrogens (tertiary/aromatic N) is 1. The first-order chi connectivity index (χ1) is 11.9. The van der Waals surface area contributed by atoms with Gasteiger partial charge in [-0.25, -0.2) is 0 Å². The van der Waals surface area contributed by atoms with Crippen LogP contribution in [0.2, 0.25) is 0 Å². The van der Waals surface area contributed by atoms with E-state index in [9.17, 15) is 4.79 Å². The molecule has 0 saturated heterocycles. The van der Waals surface area contributed by atoms with Gasteiger partial charge in [0.2, 0.25) is 5.91 Å². The van der Waals surface area contributed by atoms with Crippen molar-refractivity contribution in [2.75, 3.05) is 38.7 Å². The normalized spacial score (nSPS) is 14.5. The number of carbonyl (C=O) groups excluding carboxylic acids is 1. The predicted molar refractivity (Wildman–Crippen MR) is 99.5 cm³/mol. The summed E-state index contributed by atoms with van der Waals surface area (Å²) in [5.74, 6) is 2.14. The fourth-order valence-electron chi connectivity index (χ4n) is 2.18. The lowest BCUT2D eigenvalue weighted by atomic mass is 9.96. The predicted octanol–water partition coefficient (Wildman–Crippen LogP) is 2.00. The summed E-state index contributed by atoms with van der Waals surface area (Å²) >= 11 is 0. The molecule has 0 bridgehead atoms. The lowest BCUT2D eigenvalue weighted by Gasteiger charge is -2.18. The van der Waals surface area contributed by atoms with Crippen LogP contribution in [0.25, 0.3) is 0 Å². The maximum absolute atomic E-state index is 11.8. The fourth-order valence-corrected chi connectivity index (χ4v) is 2.18. The molecule has 1 aromatic rings. The Morgan fingerprint density at radius 3 is 2.48 bits per heavy atom. The molecular weight excluding hydrogens is 320 g/mol. The largest absolute Gasteiger partial charge is 0.490 e. The number of hydrogen-bond acceptors (Lipinski definition) is 4. The van der Waals surface area contributed by atoms with Gasteiger partial charge in [-0.1, -0.05) is 20.8 Å². The van der Waals surface area contributed by atoms with E-state index >= 15 is 0 Å². The van der Waals surface area contributed by atoms with Gasteiger partial charge in [0.25, 0.3) is 0 Å². The van der Waals surface area contributed by atoms with Gasteiger partial charge in [0.1, 0.15) is 0 Å². The van der Waals surface area contributed by atoms with E-state index in [1.165, 1.54) is 0 Å². The lowest BCUT2D eigenvalue weighted by molar-refractivity contribution is -0.128. The molecule has 1 aromatic carbocycles. The molecule has 25 heavy (non-hydrogen) atoms. The van der Waals surface area contributed by atoms with Gasteiger partial charge < -0.3 is 25.4 Å². The number of carbonyl (C=O) groups is 1. The Kier molecular flexibility index (Phi) is 6.50. The maximum Gasteiger partial charge on any atom is 0.225 e. The summed E-state index contributed by atoms with van der Waals surface area (Å²) in [6.45, 7) is 8.09. The van der Waals surface area contributed by atoms with Crippen molar-refractivity contribution in [1.82, 2.24) is 10.6 Å². The van der Waals surface area contributed by atoms with E-state index in [2.05, 4.69) is 20.9 Å². The number of nitrogens with one attached hydrogen (secondary N) is 3. The van der Waals surface area contributed by atoms with Gasteiger partial charge >= 0.3 is 0 Å². The van der Waals surface area contributed by atoms with Crippen LogP contribution < -0.4 is 25.4 Å². The zero-order valence-corrected chi connectivity index (χ0v) is 15.4. The minimum absolute atomic E-state index is 0.0279. The molecule has 0 radical (unpaired) electrons. The number of fused-ring (bicyclic) bond motifs is 1. The van der Waals surface area contributed by atoms with E-state index in [4.69, 9.17) is 9.47 Å². The highest BCUT2D eigenvalue weighted by molar-refractivity contribution is 5.93. The highest BCUT2D eigenvalue weighted by Gasteiger charge is 2.20. The standard InChI is InChI=1S/C18H28N4O3/c1-18(2,3)16(23)20-8-9-21-17(19-4)22-13-6-7-14-15(12-13)25-11-5-10-24-14/h6-7,12H,5,8-11H2,1-4H3,(H,20,23)(H2,19,21,22). The summed E-state index contributed by atoms with van der Waals surface area (Å²) in [6.07, 6.45) is 0.876. The molecule has 0 spiro atoms. The zero-order valence-electron chi connectivity index (χ0n) is 15.4. The van der Waals surface area contributed by atoms with Crippen molar-refractivity contribution in [3.8, 4) is 11.5 Å². The third-order valence-corrected chi connectivity index (χ3v) is 3.62. The number of rotatable bonds is 4. The van der Waals surface area contributed by atoms with Crippen molar-refractivity contribution in [3.05, 3.63) is 18.2 Å². The van der Waals surface area contributed by atoms with Crippen LogP contribution in [0.4, 0.5) is 5.69 Å². The Bertz CT molecular complexity index is 623. The maximum atomic E-state index is 11.8. The number of guanidine groups is 1. The summed E-state index contributed by atoms with van der Waals surface area (Å²) < 4.78 is 11.3. The fraction of sp³-hybridized carbons (Fsp3) is 0.556. The molecule has 0 saturated carbocycles. The summed E-state index contributed by atoms with van der Waals surface area (Å²) in [5, 5.41) is 9.27. The Morgan fingerprint density at radius 1 is 1.12 bits per heavy atom. The average molecular weight is 348 g/mol. The van der Waals surface area contributed by atoms with E-state index in [0.717, 1.165) is 23.6 Å². The Morgan fingerprint density at radius 2 is 1.80 bits per heavy atom. The average Bonchev–Trinajstić information content (AvgIpc) is 2.81. The molecule has 0 atom stereocenters. The second kappa shape index (κ2) is 8.60. The quantitative estimate of drug-likeness (QED) is 0.440. The van der Waals surface area contributed by atoms with Crippen molar-refractivity contribution < 1.29 is 14.3 Å². The van der Waals surface area contributed by atoms with Gasteiger partial charge in [-0.15, -0.1) is 0 Å². The van der Waals surface area contributed by atoms with Gasteiger partial charge in [0.05, 0.1) is 13.2 Å². The Labute approximate surface area is 149 Å². The van der Waals surface area contributed by atoms with E-state index in [0.29, 0.717) is 32.3 Å². The summed E-state index contributed by atoms with van der Waals surface area (Å²) in [6, 6.07) is 5.70. The first kappa shape index (κ1) is 18.9. The topological polar surface area (TPSA) is 84.0 Å². The lowest BCUT2D eigenvalue weighted by Crippen LogP contribution is -2.41. The van der Waals surface area contributed by atoms with Crippen molar-refractivity contribution in [3.63, 3.8) is 0 Å². The van der Waals surface area contributed by atoms with Crippen LogP contribution in [0, 0.1) is 5.41 Å². The molecule has 0 aliphatic carbocycles. The first-order valence-electron chi connectivity index (χ1n) is 8.56. The van der Waals surface area contributed by atoms with Gasteiger partial charge in [0, 0.05) is 43.7 Å². The van der Waals surface area contributed by atoms with Crippen molar-refractivity contribution >= 4 is 17.6 Å². The van der Waals surface area contributed by atoms with Gasteiger partial charge in [-0.05, 0) is 12.1 Å². The van der Waals surface area contributed by atoms with Crippen molar-refractivity contribution in [1.29, 1.82) is 0 Å². The third-order valence-electron chi connectivity index (χ3n) is 3.62. The number of aliphatic imine (C=N–C) groups is 1. The van der Waals surface area contributed by atoms with Crippen LogP contribution in [-0.2, 0) is 4.79 Å². The third kappa shape index (κ3) is 5.85. The molecule has 0 aromatic heterocycles. The SMILES string of the molecule is CN=C(NCCNC(=O)C(C)(C)C)Nc1ccc2c(c1)OCCCO2. The van der Waals surface area contributed by atoms with E-state index < -0.39 is 0 Å². The summed E-state index contributed by atoms with van der Waals surface area (Å²) in [5.41, 5.74) is 0.472. The molecule has 2 rings (SSSR count). The second-order valence-corrected chi connectivity index (χ2v) is 6.84. The number of ether oxygens (including phenoxy) is 2. The van der Waals surface area contributed by atoms with Crippen LogP contribution in [0.15, 0.2) is 23.2 Å². The second-order valence-electron chi connectivity index (χ2n) is 6.84. The van der Waals surface area contributed by atoms with Crippen LogP contribution >= 0.6 is 0 Å². The number of hydrogen-bond donors (Lipinski definition) is 3. The van der Waals surface area contributed by atoms with Crippen LogP contribution in [-0.4, -0.2) is 45.2 Å². The minimum Gasteiger partial charge on any atom is -0.490 e. The minimum atomic E-state index is -0.385. The number of anilines is 1. The van der Waals surface area contributed by atoms with Crippen LogP contribution in [0.3, 0.4) is 0 Å². The van der Waals surface area contributed by atoms with Crippen LogP contribution in [0.5, 0.6) is 11.5 Å². The molecule has 1 heterocycles. The molecule has 1 amide bonds. The monoisotopic (exact) mass is 348 g/mol. The van der Waals surface area contributed by atoms with E-state index in [1.807, 2.05) is 39.0 Å². The summed E-state index contributed by atoms with van der Waals surface area (Å²) in [4.78, 5) is 16.0. The zero-order chi connectivity index (χ0) is 18.3. The van der Waals surface area contributed by atoms with Gasteiger partial charge in [-0.3, -0.25) is 9.79 Å². The Balaban J connectivity index is 1.84. The highest BCUT2D eigenvalue weighted by Crippen LogP contribution is 2.32. The van der Waals surface area contributed by atoms with Crippen LogP contribution in [0.1, 0.15) is 27.2 Å². The van der Waals surface area contributed by atoms with E-state index in [-0.39, 0.29) is 11.3 Å². The molecule has 0 fully saturated rings. The molecule has 7 nitrogen and oxygen atoms in total. The Hall–Kier alpha value is -2.44. The number of amides is 1. The molecule has 7 heteroatoms. The van der Waals surface area contributed by atoms with E-state index in [1.54, 1.807) is 7.05 Å². The molecule has 1 aliphatic rings. The van der Waals surface area contributed by atoms with Crippen molar-refractivity contribution in [2.24, 2.45) is 10.4 Å². The smallest absolute Gasteiger partial charge is 0.225 e. The molecule has 1 aliphatic heterocycles. The molecule has 0 unspecified atom stereocenters. The van der Waals surface area contributed by atoms with Gasteiger partial charge in [0.15, 0.2) is 17.5 Å². The van der Waals surface area contributed by atoms with Crippen molar-refractivity contribution in [2.45, 2.75) is 27.2 Å². The van der Waals surface area contributed by atoms with Gasteiger partial charge in [-0.2, -0.15) is 0 Å². The molecule has 138 valence electrons. The number of benzene rings is 1. The summed E-state index contributed by atoms with van der Waals surface area (Å²) in [7, 11) is 1.70. The first-order valence-corrected chi connectivity index (χ1v) is 8.56. The molecule has 3 N–H and O–H groups in total.